The summed E-state index contributed by atoms with van der Waals surface area (Å²) < 4.78 is 24.1. The van der Waals surface area contributed by atoms with Gasteiger partial charge in [0.15, 0.2) is 9.84 Å². The Hall–Kier alpha value is -1.13. The molecule has 3 aliphatic rings. The van der Waals surface area contributed by atoms with Gasteiger partial charge in [0, 0.05) is 5.41 Å². The van der Waals surface area contributed by atoms with E-state index in [1.807, 2.05) is 6.08 Å². The molecule has 5 unspecified atom stereocenters. The molecule has 0 spiro atoms. The van der Waals surface area contributed by atoms with Gasteiger partial charge in [-0.1, -0.05) is 49.8 Å². The van der Waals surface area contributed by atoms with Gasteiger partial charge in [0.1, 0.15) is 0 Å². The van der Waals surface area contributed by atoms with Crippen LogP contribution in [-0.4, -0.2) is 24.4 Å². The maximum absolute atomic E-state index is 12.4. The number of hydrogen-bond donors (Lipinski definition) is 1. The average Bonchev–Trinajstić information content (AvgIpc) is 3.05. The van der Waals surface area contributed by atoms with Crippen molar-refractivity contribution in [2.45, 2.75) is 103 Å². The number of rotatable bonds is 5. The average molecular weight is 461 g/mol. The molecule has 0 aromatic carbocycles. The normalized spacial score (nSPS) is 35.6. The van der Waals surface area contributed by atoms with Gasteiger partial charge in [-0.2, -0.15) is 0 Å². The maximum Gasteiger partial charge on any atom is 0.176 e. The molecule has 0 aliphatic heterocycles. The highest BCUT2D eigenvalue weighted by atomic mass is 32.2. The van der Waals surface area contributed by atoms with Crippen LogP contribution in [0, 0.1) is 23.2 Å². The minimum absolute atomic E-state index is 0.228. The van der Waals surface area contributed by atoms with E-state index in [9.17, 15) is 13.5 Å². The molecule has 3 aliphatic carbocycles. The lowest BCUT2D eigenvalue weighted by Crippen LogP contribution is -2.35. The second-order valence-corrected chi connectivity index (χ2v) is 14.4. The van der Waals surface area contributed by atoms with Crippen molar-refractivity contribution >= 4 is 9.84 Å². The van der Waals surface area contributed by atoms with Crippen LogP contribution < -0.4 is 0 Å². The van der Waals surface area contributed by atoms with E-state index in [4.69, 9.17) is 0 Å². The van der Waals surface area contributed by atoms with Crippen LogP contribution in [0.15, 0.2) is 46.9 Å². The van der Waals surface area contributed by atoms with Crippen LogP contribution in [0.3, 0.4) is 0 Å². The van der Waals surface area contributed by atoms with Crippen molar-refractivity contribution in [1.29, 1.82) is 0 Å². The van der Waals surface area contributed by atoms with E-state index in [1.54, 1.807) is 26.3 Å². The Balaban J connectivity index is 1.72. The molecule has 3 nitrogen and oxygen atoms in total. The summed E-state index contributed by atoms with van der Waals surface area (Å²) in [6.07, 6.45) is 15.6. The molecule has 3 saturated carbocycles. The minimum Gasteiger partial charge on any atom is -0.393 e. The van der Waals surface area contributed by atoms with E-state index in [0.717, 1.165) is 25.7 Å². The van der Waals surface area contributed by atoms with Gasteiger partial charge < -0.3 is 5.11 Å². The van der Waals surface area contributed by atoms with Crippen LogP contribution in [0.1, 0.15) is 92.4 Å². The SMILES string of the molecule is C=C1CCC(O)C/C1=C/C=C1\CCCC2(C)C1CCC2C(C)C/C=C/S(=O)(=O)C(C)(C)C. The third-order valence-electron chi connectivity index (χ3n) is 8.55. The van der Waals surface area contributed by atoms with E-state index < -0.39 is 14.6 Å². The standard InChI is InChI=1S/C28H44O3S/c1-20-11-14-24(29)19-23(20)13-12-22-10-7-17-28(6)25(15-16-26(22)28)21(2)9-8-18-32(30,31)27(3,4)5/h8,12-13,18,21,24-26,29H,1,7,9-11,14-17,19H2,2-6H3/b18-8+,22-12+,23-13-. The Morgan fingerprint density at radius 2 is 1.91 bits per heavy atom. The van der Waals surface area contributed by atoms with E-state index in [1.165, 1.54) is 48.7 Å². The Morgan fingerprint density at radius 3 is 2.59 bits per heavy atom. The Labute approximate surface area is 196 Å². The van der Waals surface area contributed by atoms with E-state index in [2.05, 4.69) is 32.6 Å². The number of aliphatic hydroxyl groups is 1. The summed E-state index contributed by atoms with van der Waals surface area (Å²) in [5.41, 5.74) is 4.26. The van der Waals surface area contributed by atoms with Crippen LogP contribution in [0.2, 0.25) is 0 Å². The highest BCUT2D eigenvalue weighted by Gasteiger charge is 2.50. The second-order valence-electron chi connectivity index (χ2n) is 11.8. The van der Waals surface area contributed by atoms with Crippen molar-refractivity contribution < 1.29 is 13.5 Å². The third kappa shape index (κ3) is 5.33. The molecular formula is C28H44O3S. The quantitative estimate of drug-likeness (QED) is 0.485. The number of fused-ring (bicyclic) bond motifs is 1. The first-order valence-corrected chi connectivity index (χ1v) is 14.1. The zero-order valence-corrected chi connectivity index (χ0v) is 21.7. The minimum atomic E-state index is -3.21. The predicted octanol–water partition coefficient (Wildman–Crippen LogP) is 6.91. The van der Waals surface area contributed by atoms with Crippen molar-refractivity contribution in [3.8, 4) is 0 Å². The first-order valence-electron chi connectivity index (χ1n) is 12.5. The molecule has 0 radical (unpaired) electrons. The number of hydrogen-bond acceptors (Lipinski definition) is 3. The highest BCUT2D eigenvalue weighted by Crippen LogP contribution is 2.59. The summed E-state index contributed by atoms with van der Waals surface area (Å²) in [7, 11) is -3.21. The summed E-state index contributed by atoms with van der Waals surface area (Å²) in [5.74, 6) is 1.71. The van der Waals surface area contributed by atoms with Crippen molar-refractivity contribution in [2.75, 3.05) is 0 Å². The third-order valence-corrected chi connectivity index (χ3v) is 10.8. The van der Waals surface area contributed by atoms with Gasteiger partial charge in [-0.15, -0.1) is 0 Å². The predicted molar refractivity (Wildman–Crippen MR) is 135 cm³/mol. The van der Waals surface area contributed by atoms with Gasteiger partial charge in [0.05, 0.1) is 10.9 Å². The van der Waals surface area contributed by atoms with Crippen molar-refractivity contribution in [3.63, 3.8) is 0 Å². The molecular weight excluding hydrogens is 416 g/mol. The summed E-state index contributed by atoms with van der Waals surface area (Å²) in [4.78, 5) is 0. The monoisotopic (exact) mass is 460 g/mol. The van der Waals surface area contributed by atoms with Gasteiger partial charge in [-0.05, 0) is 107 Å². The molecule has 0 aromatic rings. The lowest BCUT2D eigenvalue weighted by atomic mass is 9.61. The molecule has 32 heavy (non-hydrogen) atoms. The molecule has 0 saturated heterocycles. The van der Waals surface area contributed by atoms with Crippen molar-refractivity contribution in [3.05, 3.63) is 46.9 Å². The van der Waals surface area contributed by atoms with Crippen LogP contribution >= 0.6 is 0 Å². The van der Waals surface area contributed by atoms with Gasteiger partial charge >= 0.3 is 0 Å². The summed E-state index contributed by atoms with van der Waals surface area (Å²) >= 11 is 0. The smallest absolute Gasteiger partial charge is 0.176 e. The van der Waals surface area contributed by atoms with Crippen LogP contribution in [0.5, 0.6) is 0 Å². The summed E-state index contributed by atoms with van der Waals surface area (Å²) in [6, 6.07) is 0. The van der Waals surface area contributed by atoms with E-state index >= 15 is 0 Å². The topological polar surface area (TPSA) is 54.4 Å². The van der Waals surface area contributed by atoms with Crippen molar-refractivity contribution in [2.24, 2.45) is 23.2 Å². The lowest BCUT2D eigenvalue weighted by molar-refractivity contribution is 0.0985. The van der Waals surface area contributed by atoms with Gasteiger partial charge in [-0.25, -0.2) is 8.42 Å². The Morgan fingerprint density at radius 1 is 1.19 bits per heavy atom. The number of sulfone groups is 1. The molecule has 0 heterocycles. The van der Waals surface area contributed by atoms with Crippen LogP contribution in [0.25, 0.3) is 0 Å². The Kier molecular flexibility index (Phi) is 7.66. The number of allylic oxidation sites excluding steroid dienone is 5. The van der Waals surface area contributed by atoms with Gasteiger partial charge in [0.25, 0.3) is 0 Å². The second kappa shape index (κ2) is 9.62. The fourth-order valence-electron chi connectivity index (χ4n) is 6.37. The molecule has 3 rings (SSSR count). The van der Waals surface area contributed by atoms with Crippen LogP contribution in [0.4, 0.5) is 0 Å². The van der Waals surface area contributed by atoms with E-state index in [-0.39, 0.29) is 6.10 Å². The van der Waals surface area contributed by atoms with Gasteiger partial charge in [-0.3, -0.25) is 0 Å². The van der Waals surface area contributed by atoms with E-state index in [0.29, 0.717) is 23.2 Å². The number of aliphatic hydroxyl groups excluding tert-OH is 1. The maximum atomic E-state index is 12.4. The molecule has 3 fully saturated rings. The first-order chi connectivity index (χ1) is 14.8. The lowest BCUT2D eigenvalue weighted by Gasteiger charge is -2.44. The molecule has 5 atom stereocenters. The first kappa shape index (κ1) is 25.5. The highest BCUT2D eigenvalue weighted by molar-refractivity contribution is 7.95. The molecule has 0 amide bonds. The fraction of sp³-hybridized carbons (Fsp3) is 0.714. The van der Waals surface area contributed by atoms with Crippen LogP contribution in [-0.2, 0) is 9.84 Å². The molecule has 180 valence electrons. The fourth-order valence-corrected chi connectivity index (χ4v) is 7.15. The molecule has 0 aromatic heterocycles. The largest absolute Gasteiger partial charge is 0.393 e. The summed E-state index contributed by atoms with van der Waals surface area (Å²) in [5, 5.41) is 11.5. The zero-order chi connectivity index (χ0) is 23.7. The van der Waals surface area contributed by atoms with Crippen molar-refractivity contribution in [1.82, 2.24) is 0 Å². The Bertz CT molecular complexity index is 899. The molecule has 0 bridgehead atoms. The summed E-state index contributed by atoms with van der Waals surface area (Å²) in [6.45, 7) is 14.3. The molecule has 4 heteroatoms. The molecule has 1 N–H and O–H groups in total. The van der Waals surface area contributed by atoms with Gasteiger partial charge in [0.2, 0.25) is 0 Å². The zero-order valence-electron chi connectivity index (χ0n) is 20.9.